The Hall–Kier alpha value is -0.720. The average Bonchev–Trinajstić information content (AvgIpc) is 1.35. The second kappa shape index (κ2) is 2.51. The number of hydrogen-bond acceptors (Lipinski definition) is 1. The molecule has 0 radical (unpaired) electrons. The van der Waals surface area contributed by atoms with Gasteiger partial charge in [-0.1, -0.05) is 12.2 Å². The summed E-state index contributed by atoms with van der Waals surface area (Å²) in [5.74, 6) is 0. The highest BCUT2D eigenvalue weighted by Crippen LogP contribution is 1.84. The van der Waals surface area contributed by atoms with Gasteiger partial charge in [0.1, 0.15) is 0 Å². The highest BCUT2D eigenvalue weighted by Gasteiger charge is 1.65. The van der Waals surface area contributed by atoms with Crippen molar-refractivity contribution in [3.05, 3.63) is 24.5 Å². The van der Waals surface area contributed by atoms with Crippen molar-refractivity contribution in [2.24, 2.45) is 0 Å². The van der Waals surface area contributed by atoms with Gasteiger partial charge < -0.3 is 5.11 Å². The van der Waals surface area contributed by atoms with Gasteiger partial charge in [-0.2, -0.15) is 0 Å². The summed E-state index contributed by atoms with van der Waals surface area (Å²) in [6, 6.07) is 0. The molecule has 0 fully saturated rings. The quantitative estimate of drug-likeness (QED) is 0.378. The Morgan fingerprint density at radius 3 is 2.33 bits per heavy atom. The van der Waals surface area contributed by atoms with Gasteiger partial charge in [-0.05, 0) is 13.0 Å². The Bertz CT molecular complexity index is 72.0. The van der Waals surface area contributed by atoms with Gasteiger partial charge in [0.15, 0.2) is 0 Å². The van der Waals surface area contributed by atoms with Crippen LogP contribution in [0.2, 0.25) is 0 Å². The maximum absolute atomic E-state index is 8.00. The molecular formula is C5H8O. The SMILES string of the molecule is C=C(C)C=CO. The maximum atomic E-state index is 8.00. The summed E-state index contributed by atoms with van der Waals surface area (Å²) in [4.78, 5) is 0. The van der Waals surface area contributed by atoms with Gasteiger partial charge in [0.2, 0.25) is 0 Å². The van der Waals surface area contributed by atoms with Crippen LogP contribution in [-0.2, 0) is 0 Å². The molecule has 34 valence electrons. The van der Waals surface area contributed by atoms with E-state index < -0.39 is 0 Å². The first-order chi connectivity index (χ1) is 2.77. The zero-order valence-electron chi connectivity index (χ0n) is 3.81. The van der Waals surface area contributed by atoms with Crippen LogP contribution in [0.3, 0.4) is 0 Å². The second-order valence-corrected chi connectivity index (χ2v) is 1.16. The minimum absolute atomic E-state index is 0.859. The van der Waals surface area contributed by atoms with E-state index in [2.05, 4.69) is 6.58 Å². The van der Waals surface area contributed by atoms with Gasteiger partial charge in [-0.15, -0.1) is 0 Å². The maximum Gasteiger partial charge on any atom is 0.0794 e. The van der Waals surface area contributed by atoms with Crippen molar-refractivity contribution in [2.45, 2.75) is 6.92 Å². The van der Waals surface area contributed by atoms with Crippen LogP contribution in [0.25, 0.3) is 0 Å². The lowest BCUT2D eigenvalue weighted by atomic mass is 10.4. The Morgan fingerprint density at radius 2 is 2.33 bits per heavy atom. The molecule has 0 unspecified atom stereocenters. The highest BCUT2D eigenvalue weighted by atomic mass is 16.2. The second-order valence-electron chi connectivity index (χ2n) is 1.16. The lowest BCUT2D eigenvalue weighted by molar-refractivity contribution is 0.473. The monoisotopic (exact) mass is 84.1 g/mol. The third kappa shape index (κ3) is 3.28. The van der Waals surface area contributed by atoms with Crippen molar-refractivity contribution in [2.75, 3.05) is 0 Å². The summed E-state index contributed by atoms with van der Waals surface area (Å²) in [6.07, 6.45) is 2.50. The van der Waals surface area contributed by atoms with E-state index in [4.69, 9.17) is 5.11 Å². The third-order valence-electron chi connectivity index (χ3n) is 0.359. The zero-order chi connectivity index (χ0) is 4.99. The van der Waals surface area contributed by atoms with Crippen LogP contribution in [0.1, 0.15) is 6.92 Å². The Kier molecular flexibility index (Phi) is 2.21. The molecule has 0 aromatic heterocycles. The van der Waals surface area contributed by atoms with E-state index >= 15 is 0 Å². The van der Waals surface area contributed by atoms with Crippen molar-refractivity contribution in [3.63, 3.8) is 0 Å². The number of aliphatic hydroxyl groups excluding tert-OH is 1. The molecule has 0 rings (SSSR count). The normalized spacial score (nSPS) is 9.50. The fraction of sp³-hybridized carbons (Fsp3) is 0.200. The van der Waals surface area contributed by atoms with Crippen molar-refractivity contribution in [3.8, 4) is 0 Å². The lowest BCUT2D eigenvalue weighted by Crippen LogP contribution is -1.56. The van der Waals surface area contributed by atoms with Crippen molar-refractivity contribution < 1.29 is 5.11 Å². The zero-order valence-corrected chi connectivity index (χ0v) is 3.81. The summed E-state index contributed by atoms with van der Waals surface area (Å²) in [6.45, 7) is 5.31. The number of hydrogen-bond donors (Lipinski definition) is 1. The topological polar surface area (TPSA) is 20.2 Å². The lowest BCUT2D eigenvalue weighted by Gasteiger charge is -1.75. The Morgan fingerprint density at radius 1 is 1.83 bits per heavy atom. The highest BCUT2D eigenvalue weighted by molar-refractivity contribution is 5.07. The fourth-order valence-electron chi connectivity index (χ4n) is 0.127. The summed E-state index contributed by atoms with van der Waals surface area (Å²) < 4.78 is 0. The first-order valence-corrected chi connectivity index (χ1v) is 1.73. The smallest absolute Gasteiger partial charge is 0.0794 e. The largest absolute Gasteiger partial charge is 0.516 e. The predicted octanol–water partition coefficient (Wildman–Crippen LogP) is 1.63. The van der Waals surface area contributed by atoms with Crippen LogP contribution in [0.15, 0.2) is 24.5 Å². The predicted molar refractivity (Wildman–Crippen MR) is 26.6 cm³/mol. The molecular weight excluding hydrogens is 76.1 g/mol. The van der Waals surface area contributed by atoms with Crippen LogP contribution >= 0.6 is 0 Å². The summed E-state index contributed by atoms with van der Waals surface area (Å²) >= 11 is 0. The fourth-order valence-corrected chi connectivity index (χ4v) is 0.127. The molecule has 0 heterocycles. The molecule has 0 aliphatic heterocycles. The van der Waals surface area contributed by atoms with Crippen molar-refractivity contribution in [1.29, 1.82) is 0 Å². The summed E-state index contributed by atoms with van der Waals surface area (Å²) in [5, 5.41) is 8.00. The molecule has 1 nitrogen and oxygen atoms in total. The first kappa shape index (κ1) is 5.28. The van der Waals surface area contributed by atoms with Gasteiger partial charge in [0.25, 0.3) is 0 Å². The van der Waals surface area contributed by atoms with E-state index in [1.807, 2.05) is 6.92 Å². The summed E-state index contributed by atoms with van der Waals surface area (Å²) in [5.41, 5.74) is 0.859. The van der Waals surface area contributed by atoms with E-state index in [1.54, 1.807) is 0 Å². The van der Waals surface area contributed by atoms with Crippen LogP contribution in [0.4, 0.5) is 0 Å². The molecule has 0 spiro atoms. The van der Waals surface area contributed by atoms with Crippen LogP contribution in [-0.4, -0.2) is 5.11 Å². The van der Waals surface area contributed by atoms with E-state index in [0.29, 0.717) is 0 Å². The van der Waals surface area contributed by atoms with Gasteiger partial charge in [-0.3, -0.25) is 0 Å². The summed E-state index contributed by atoms with van der Waals surface area (Å²) in [7, 11) is 0. The van der Waals surface area contributed by atoms with E-state index in [-0.39, 0.29) is 0 Å². The van der Waals surface area contributed by atoms with Crippen LogP contribution < -0.4 is 0 Å². The average molecular weight is 84.1 g/mol. The van der Waals surface area contributed by atoms with Gasteiger partial charge >= 0.3 is 0 Å². The third-order valence-corrected chi connectivity index (χ3v) is 0.359. The molecule has 0 amide bonds. The van der Waals surface area contributed by atoms with Crippen LogP contribution in [0.5, 0.6) is 0 Å². The number of aliphatic hydroxyl groups is 1. The molecule has 0 bridgehead atoms. The minimum atomic E-state index is 0.859. The van der Waals surface area contributed by atoms with E-state index in [9.17, 15) is 0 Å². The molecule has 0 aliphatic rings. The van der Waals surface area contributed by atoms with Crippen molar-refractivity contribution >= 4 is 0 Å². The van der Waals surface area contributed by atoms with Gasteiger partial charge in [0, 0.05) is 0 Å². The standard InChI is InChI=1S/C5H8O/c1-5(2)3-4-6/h3-4,6H,1H2,2H3. The molecule has 0 aromatic rings. The molecule has 0 aliphatic carbocycles. The van der Waals surface area contributed by atoms with Crippen LogP contribution in [0, 0.1) is 0 Å². The molecule has 1 N–H and O–H groups in total. The molecule has 0 saturated heterocycles. The minimum Gasteiger partial charge on any atom is -0.516 e. The number of rotatable bonds is 1. The molecule has 1 heteroatoms. The molecule has 0 saturated carbocycles. The van der Waals surface area contributed by atoms with Crippen molar-refractivity contribution in [1.82, 2.24) is 0 Å². The van der Waals surface area contributed by atoms with E-state index in [1.165, 1.54) is 6.08 Å². The molecule has 0 aromatic carbocycles. The molecule has 0 atom stereocenters. The van der Waals surface area contributed by atoms with Gasteiger partial charge in [0.05, 0.1) is 6.26 Å². The first-order valence-electron chi connectivity index (χ1n) is 1.73. The number of allylic oxidation sites excluding steroid dienone is 2. The Balaban J connectivity index is 3.30. The van der Waals surface area contributed by atoms with E-state index in [0.717, 1.165) is 11.8 Å². The Labute approximate surface area is 37.6 Å². The molecule has 6 heavy (non-hydrogen) atoms. The van der Waals surface area contributed by atoms with Gasteiger partial charge in [-0.25, -0.2) is 0 Å².